The van der Waals surface area contributed by atoms with Crippen LogP contribution in [0.3, 0.4) is 0 Å². The summed E-state index contributed by atoms with van der Waals surface area (Å²) in [5, 5.41) is 8.40. The van der Waals surface area contributed by atoms with Gasteiger partial charge < -0.3 is 10.6 Å². The fourth-order valence-electron chi connectivity index (χ4n) is 3.18. The van der Waals surface area contributed by atoms with Gasteiger partial charge in [0.1, 0.15) is 0 Å². The Bertz CT molecular complexity index is 1230. The van der Waals surface area contributed by atoms with E-state index in [0.29, 0.717) is 28.7 Å². The Morgan fingerprint density at radius 3 is 2.74 bits per heavy atom. The van der Waals surface area contributed by atoms with Gasteiger partial charge in [0.2, 0.25) is 0 Å². The highest BCUT2D eigenvalue weighted by molar-refractivity contribution is 6.07. The van der Waals surface area contributed by atoms with Crippen LogP contribution in [0.1, 0.15) is 17.3 Å². The van der Waals surface area contributed by atoms with Crippen LogP contribution in [0.4, 0.5) is 0 Å². The predicted molar refractivity (Wildman–Crippen MR) is 107 cm³/mol. The monoisotopic (exact) mass is 360 g/mol. The van der Waals surface area contributed by atoms with Crippen molar-refractivity contribution < 1.29 is 4.79 Å². The largest absolute Gasteiger partial charge is 0.350 e. The molecule has 0 bridgehead atoms. The van der Waals surface area contributed by atoms with Crippen LogP contribution >= 0.6 is 0 Å². The molecule has 0 unspecified atom stereocenters. The molecule has 4 rings (SSSR count). The molecule has 1 atom stereocenters. The number of carbonyl (C=O) groups is 1. The van der Waals surface area contributed by atoms with Crippen molar-refractivity contribution in [3.8, 4) is 0 Å². The average Bonchev–Trinajstić information content (AvgIpc) is 2.71. The van der Waals surface area contributed by atoms with E-state index in [2.05, 4.69) is 10.6 Å². The lowest BCUT2D eigenvalue weighted by molar-refractivity contribution is 0.0951. The van der Waals surface area contributed by atoms with Gasteiger partial charge in [0.05, 0.1) is 16.5 Å². The summed E-state index contributed by atoms with van der Waals surface area (Å²) in [6.45, 7) is 2.46. The summed E-state index contributed by atoms with van der Waals surface area (Å²) < 4.78 is 1.44. The molecule has 4 aromatic rings. The van der Waals surface area contributed by atoms with Crippen molar-refractivity contribution in [1.82, 2.24) is 20.0 Å². The van der Waals surface area contributed by atoms with Gasteiger partial charge in [-0.2, -0.15) is 0 Å². The minimum absolute atomic E-state index is 0.143. The van der Waals surface area contributed by atoms with Gasteiger partial charge in [-0.25, -0.2) is 4.98 Å². The fourth-order valence-corrected chi connectivity index (χ4v) is 3.18. The summed E-state index contributed by atoms with van der Waals surface area (Å²) in [4.78, 5) is 30.4. The van der Waals surface area contributed by atoms with Crippen LogP contribution in [0, 0.1) is 0 Å². The van der Waals surface area contributed by atoms with Crippen molar-refractivity contribution in [3.05, 3.63) is 70.6 Å². The maximum atomic E-state index is 13.0. The number of likely N-dealkylation sites (N-methyl/N-ethyl adjacent to an activating group) is 1. The average molecular weight is 360 g/mol. The van der Waals surface area contributed by atoms with Crippen molar-refractivity contribution in [2.24, 2.45) is 0 Å². The van der Waals surface area contributed by atoms with Crippen molar-refractivity contribution in [3.63, 3.8) is 0 Å². The summed E-state index contributed by atoms with van der Waals surface area (Å²) >= 11 is 0. The van der Waals surface area contributed by atoms with E-state index >= 15 is 0 Å². The van der Waals surface area contributed by atoms with E-state index in [9.17, 15) is 9.59 Å². The molecule has 0 radical (unpaired) electrons. The Morgan fingerprint density at radius 2 is 1.93 bits per heavy atom. The zero-order chi connectivity index (χ0) is 19.0. The summed E-state index contributed by atoms with van der Waals surface area (Å²) in [7, 11) is 1.84. The van der Waals surface area contributed by atoms with Crippen molar-refractivity contribution >= 4 is 33.2 Å². The van der Waals surface area contributed by atoms with Gasteiger partial charge in [0.25, 0.3) is 11.5 Å². The second-order valence-corrected chi connectivity index (χ2v) is 6.62. The molecule has 2 heterocycles. The van der Waals surface area contributed by atoms with Gasteiger partial charge >= 0.3 is 0 Å². The summed E-state index contributed by atoms with van der Waals surface area (Å²) in [5.74, 6) is -0.248. The number of carbonyl (C=O) groups excluding carboxylic acids is 1. The second-order valence-electron chi connectivity index (χ2n) is 6.62. The second kappa shape index (κ2) is 6.81. The van der Waals surface area contributed by atoms with Gasteiger partial charge in [-0.05, 0) is 37.6 Å². The molecule has 1 amide bonds. The third-order valence-corrected chi connectivity index (χ3v) is 4.84. The van der Waals surface area contributed by atoms with Crippen LogP contribution in [-0.4, -0.2) is 34.9 Å². The first-order valence-corrected chi connectivity index (χ1v) is 8.88. The van der Waals surface area contributed by atoms with Crippen LogP contribution in [0.5, 0.6) is 0 Å². The first-order chi connectivity index (χ1) is 13.1. The van der Waals surface area contributed by atoms with Gasteiger partial charge in [-0.1, -0.05) is 30.3 Å². The predicted octanol–water partition coefficient (Wildman–Crippen LogP) is 2.34. The van der Waals surface area contributed by atoms with Crippen LogP contribution < -0.4 is 16.2 Å². The quantitative estimate of drug-likeness (QED) is 0.433. The third kappa shape index (κ3) is 2.94. The number of fused-ring (bicyclic) bond motifs is 4. The van der Waals surface area contributed by atoms with E-state index in [1.807, 2.05) is 44.3 Å². The number of rotatable bonds is 4. The normalized spacial score (nSPS) is 12.5. The standard InChI is InChI=1S/C21H20N4O2/c1-13(22-2)12-23-20(26)17-8-5-11-25-19(17)24-18-15-7-4-3-6-14(15)9-10-16(18)21(25)27/h3-11,13,22H,12H2,1-2H3,(H,23,26)/t13-/m1/s1. The van der Waals surface area contributed by atoms with Gasteiger partial charge in [-0.15, -0.1) is 0 Å². The minimum atomic E-state index is -0.248. The SMILES string of the molecule is CN[C@H](C)CNC(=O)c1cccn2c(=O)c3ccc4ccccc4c3nc12. The smallest absolute Gasteiger partial charge is 0.265 e. The van der Waals surface area contributed by atoms with E-state index in [4.69, 9.17) is 4.98 Å². The molecule has 2 aromatic heterocycles. The molecule has 136 valence electrons. The third-order valence-electron chi connectivity index (χ3n) is 4.84. The Morgan fingerprint density at radius 1 is 1.11 bits per heavy atom. The van der Waals surface area contributed by atoms with E-state index in [0.717, 1.165) is 10.8 Å². The van der Waals surface area contributed by atoms with Crippen molar-refractivity contribution in [1.29, 1.82) is 0 Å². The molecule has 0 saturated heterocycles. The molecular formula is C21H20N4O2. The molecule has 27 heavy (non-hydrogen) atoms. The highest BCUT2D eigenvalue weighted by Crippen LogP contribution is 2.22. The lowest BCUT2D eigenvalue weighted by Gasteiger charge is -2.13. The number of hydrogen-bond donors (Lipinski definition) is 2. The van der Waals surface area contributed by atoms with E-state index in [-0.39, 0.29) is 17.5 Å². The van der Waals surface area contributed by atoms with Crippen LogP contribution in [0.25, 0.3) is 27.3 Å². The van der Waals surface area contributed by atoms with E-state index < -0.39 is 0 Å². The van der Waals surface area contributed by atoms with Gasteiger partial charge in [-0.3, -0.25) is 14.0 Å². The summed E-state index contributed by atoms with van der Waals surface area (Å²) in [6, 6.07) is 15.0. The number of nitrogens with one attached hydrogen (secondary N) is 2. The van der Waals surface area contributed by atoms with Crippen LogP contribution in [0.15, 0.2) is 59.5 Å². The molecule has 0 aliphatic carbocycles. The maximum Gasteiger partial charge on any atom is 0.265 e. The number of hydrogen-bond acceptors (Lipinski definition) is 4. The highest BCUT2D eigenvalue weighted by atomic mass is 16.2. The molecular weight excluding hydrogens is 340 g/mol. The summed E-state index contributed by atoms with van der Waals surface area (Å²) in [6.07, 6.45) is 1.65. The first kappa shape index (κ1) is 17.2. The Kier molecular flexibility index (Phi) is 4.33. The lowest BCUT2D eigenvalue weighted by Crippen LogP contribution is -2.37. The molecule has 0 spiro atoms. The molecule has 2 N–H and O–H groups in total. The number of pyridine rings is 1. The van der Waals surface area contributed by atoms with Crippen LogP contribution in [-0.2, 0) is 0 Å². The number of nitrogens with zero attached hydrogens (tertiary/aromatic N) is 2. The Balaban J connectivity index is 1.95. The van der Waals surface area contributed by atoms with Gasteiger partial charge in [0.15, 0.2) is 5.65 Å². The number of aromatic nitrogens is 2. The van der Waals surface area contributed by atoms with E-state index in [1.54, 1.807) is 24.4 Å². The highest BCUT2D eigenvalue weighted by Gasteiger charge is 2.15. The molecule has 0 aliphatic rings. The molecule has 6 heteroatoms. The first-order valence-electron chi connectivity index (χ1n) is 8.88. The molecule has 0 fully saturated rings. The molecule has 2 aromatic carbocycles. The zero-order valence-corrected chi connectivity index (χ0v) is 15.2. The Labute approximate surface area is 155 Å². The van der Waals surface area contributed by atoms with Crippen molar-refractivity contribution in [2.45, 2.75) is 13.0 Å². The molecule has 6 nitrogen and oxygen atoms in total. The van der Waals surface area contributed by atoms with Crippen molar-refractivity contribution in [2.75, 3.05) is 13.6 Å². The Hall–Kier alpha value is -3.25. The topological polar surface area (TPSA) is 75.5 Å². The minimum Gasteiger partial charge on any atom is -0.350 e. The maximum absolute atomic E-state index is 13.0. The number of benzene rings is 2. The molecule has 0 saturated carbocycles. The molecule has 0 aliphatic heterocycles. The number of amides is 1. The van der Waals surface area contributed by atoms with Gasteiger partial charge in [0, 0.05) is 24.2 Å². The van der Waals surface area contributed by atoms with E-state index in [1.165, 1.54) is 4.40 Å². The zero-order valence-electron chi connectivity index (χ0n) is 15.2. The van der Waals surface area contributed by atoms with Crippen LogP contribution in [0.2, 0.25) is 0 Å². The lowest BCUT2D eigenvalue weighted by atomic mass is 10.1. The fraction of sp³-hybridized carbons (Fsp3) is 0.190. The summed E-state index contributed by atoms with van der Waals surface area (Å²) in [5.41, 5.74) is 1.18.